The van der Waals surface area contributed by atoms with Gasteiger partial charge in [-0.2, -0.15) is 0 Å². The molecule has 3 nitrogen and oxygen atoms in total. The molecule has 0 aromatic rings. The minimum absolute atomic E-state index is 0.196. The van der Waals surface area contributed by atoms with Crippen molar-refractivity contribution in [1.29, 1.82) is 0 Å². The Labute approximate surface area is 170 Å². The average Bonchev–Trinajstić information content (AvgIpc) is 3.50. The van der Waals surface area contributed by atoms with Gasteiger partial charge in [-0.05, 0) is 44.6 Å². The predicted octanol–water partition coefficient (Wildman–Crippen LogP) is 4.58. The standard InChI is InChI=1S/C23H37ClN2O/c1-2-22(24)9-5-4-8-21(23(27)12-6-3-7-13-23)19-26-16-14-25(15-17-26)18-20-10-11-20/h2,4-5,8-9,20-21,27H,3,6-7,10-19H2,1H3/b8-4+,9-5-,22-2+. The molecule has 2 aliphatic carbocycles. The van der Waals surface area contributed by atoms with Crippen LogP contribution >= 0.6 is 11.6 Å². The van der Waals surface area contributed by atoms with Crippen molar-refractivity contribution in [1.82, 2.24) is 9.80 Å². The second-order valence-electron chi connectivity index (χ2n) is 8.73. The number of aliphatic hydroxyl groups is 1. The molecule has 0 bridgehead atoms. The van der Waals surface area contributed by atoms with E-state index in [1.807, 2.05) is 25.2 Å². The lowest BCUT2D eigenvalue weighted by molar-refractivity contribution is -0.0459. The van der Waals surface area contributed by atoms with E-state index in [4.69, 9.17) is 11.6 Å². The molecule has 0 amide bonds. The monoisotopic (exact) mass is 392 g/mol. The second-order valence-corrected chi connectivity index (χ2v) is 9.17. The first kappa shape index (κ1) is 21.1. The fourth-order valence-electron chi connectivity index (χ4n) is 4.48. The highest BCUT2D eigenvalue weighted by molar-refractivity contribution is 6.31. The topological polar surface area (TPSA) is 26.7 Å². The first-order valence-corrected chi connectivity index (χ1v) is 11.3. The van der Waals surface area contributed by atoms with Crippen molar-refractivity contribution in [3.8, 4) is 0 Å². The molecule has 0 aromatic heterocycles. The number of hydrogen-bond acceptors (Lipinski definition) is 3. The van der Waals surface area contributed by atoms with Gasteiger partial charge in [-0.15, -0.1) is 0 Å². The molecule has 2 saturated carbocycles. The van der Waals surface area contributed by atoms with Gasteiger partial charge in [0.2, 0.25) is 0 Å². The zero-order chi connectivity index (χ0) is 19.1. The largest absolute Gasteiger partial charge is 0.389 e. The van der Waals surface area contributed by atoms with Crippen LogP contribution in [0.1, 0.15) is 51.9 Å². The number of nitrogens with zero attached hydrogens (tertiary/aromatic N) is 2. The number of rotatable bonds is 8. The van der Waals surface area contributed by atoms with Crippen molar-refractivity contribution in [3.05, 3.63) is 35.4 Å². The van der Waals surface area contributed by atoms with E-state index < -0.39 is 5.60 Å². The van der Waals surface area contributed by atoms with E-state index in [2.05, 4.69) is 22.0 Å². The molecule has 4 heteroatoms. The molecule has 3 rings (SSSR count). The van der Waals surface area contributed by atoms with Crippen LogP contribution in [0.25, 0.3) is 0 Å². The number of halogens is 1. The normalized spacial score (nSPS) is 26.9. The third-order valence-corrected chi connectivity index (χ3v) is 6.87. The van der Waals surface area contributed by atoms with Gasteiger partial charge in [0.15, 0.2) is 0 Å². The minimum atomic E-state index is -0.544. The number of allylic oxidation sites excluding steroid dienone is 5. The maximum absolute atomic E-state index is 11.3. The lowest BCUT2D eigenvalue weighted by Gasteiger charge is -2.42. The van der Waals surface area contributed by atoms with Crippen LogP contribution in [-0.2, 0) is 0 Å². The van der Waals surface area contributed by atoms with Gasteiger partial charge in [-0.1, -0.05) is 55.2 Å². The summed E-state index contributed by atoms with van der Waals surface area (Å²) in [5, 5.41) is 12.1. The Hall–Kier alpha value is -0.610. The van der Waals surface area contributed by atoms with Crippen LogP contribution in [0, 0.1) is 11.8 Å². The zero-order valence-electron chi connectivity index (χ0n) is 17.0. The van der Waals surface area contributed by atoms with Crippen LogP contribution in [0.4, 0.5) is 0 Å². The van der Waals surface area contributed by atoms with Gasteiger partial charge in [-0.3, -0.25) is 0 Å². The van der Waals surface area contributed by atoms with E-state index in [-0.39, 0.29) is 5.92 Å². The third-order valence-electron chi connectivity index (χ3n) is 6.53. The highest BCUT2D eigenvalue weighted by Gasteiger charge is 2.37. The van der Waals surface area contributed by atoms with Gasteiger partial charge < -0.3 is 14.9 Å². The van der Waals surface area contributed by atoms with Crippen LogP contribution in [-0.4, -0.2) is 59.8 Å². The van der Waals surface area contributed by atoms with E-state index in [1.165, 1.54) is 38.9 Å². The van der Waals surface area contributed by atoms with Crippen LogP contribution in [0.2, 0.25) is 0 Å². The van der Waals surface area contributed by atoms with Crippen molar-refractivity contribution >= 4 is 11.6 Å². The molecule has 1 heterocycles. The highest BCUT2D eigenvalue weighted by atomic mass is 35.5. The maximum Gasteiger partial charge on any atom is 0.0722 e. The maximum atomic E-state index is 11.3. The SMILES string of the molecule is C\C=C(Cl)/C=C\C=C\C(CN1CCN(CC2CC2)CC1)C1(O)CCCCC1. The fraction of sp³-hybridized carbons (Fsp3) is 0.739. The van der Waals surface area contributed by atoms with Crippen molar-refractivity contribution in [2.24, 2.45) is 11.8 Å². The van der Waals surface area contributed by atoms with Crippen molar-refractivity contribution in [3.63, 3.8) is 0 Å². The van der Waals surface area contributed by atoms with Crippen LogP contribution in [0.3, 0.4) is 0 Å². The predicted molar refractivity (Wildman–Crippen MR) is 115 cm³/mol. The molecule has 1 N–H and O–H groups in total. The van der Waals surface area contributed by atoms with Crippen molar-refractivity contribution in [2.75, 3.05) is 39.3 Å². The van der Waals surface area contributed by atoms with E-state index in [1.54, 1.807) is 0 Å². The first-order chi connectivity index (χ1) is 13.1. The summed E-state index contributed by atoms with van der Waals surface area (Å²) in [6.07, 6.45) is 18.4. The number of piperazine rings is 1. The Kier molecular flexibility index (Phi) is 8.01. The Morgan fingerprint density at radius 2 is 1.74 bits per heavy atom. The quantitative estimate of drug-likeness (QED) is 0.612. The smallest absolute Gasteiger partial charge is 0.0722 e. The van der Waals surface area contributed by atoms with Gasteiger partial charge in [0.05, 0.1) is 5.60 Å². The molecule has 0 radical (unpaired) electrons. The summed E-state index contributed by atoms with van der Waals surface area (Å²) in [6.45, 7) is 8.84. The number of hydrogen-bond donors (Lipinski definition) is 1. The Bertz CT molecular complexity index is 539. The lowest BCUT2D eigenvalue weighted by Crippen LogP contribution is -2.51. The van der Waals surface area contributed by atoms with E-state index in [0.717, 1.165) is 56.3 Å². The third kappa shape index (κ3) is 6.74. The molecule has 1 unspecified atom stereocenters. The molecule has 3 fully saturated rings. The zero-order valence-corrected chi connectivity index (χ0v) is 17.7. The van der Waals surface area contributed by atoms with Gasteiger partial charge in [0.1, 0.15) is 0 Å². The van der Waals surface area contributed by atoms with Crippen LogP contribution in [0.15, 0.2) is 35.4 Å². The molecule has 1 saturated heterocycles. The summed E-state index contributed by atoms with van der Waals surface area (Å²) < 4.78 is 0. The van der Waals surface area contributed by atoms with Gasteiger partial charge in [0.25, 0.3) is 0 Å². The van der Waals surface area contributed by atoms with E-state index >= 15 is 0 Å². The van der Waals surface area contributed by atoms with Crippen molar-refractivity contribution < 1.29 is 5.11 Å². The molecule has 1 aliphatic heterocycles. The summed E-state index contributed by atoms with van der Waals surface area (Å²) in [5.41, 5.74) is -0.544. The molecule has 3 aliphatic rings. The van der Waals surface area contributed by atoms with Crippen LogP contribution < -0.4 is 0 Å². The average molecular weight is 393 g/mol. The molecule has 27 heavy (non-hydrogen) atoms. The molecular formula is C23H37ClN2O. The molecule has 152 valence electrons. The van der Waals surface area contributed by atoms with Crippen LogP contribution in [0.5, 0.6) is 0 Å². The molecule has 1 atom stereocenters. The Morgan fingerprint density at radius 3 is 2.37 bits per heavy atom. The lowest BCUT2D eigenvalue weighted by atomic mass is 9.75. The van der Waals surface area contributed by atoms with Gasteiger partial charge >= 0.3 is 0 Å². The molecular weight excluding hydrogens is 356 g/mol. The summed E-state index contributed by atoms with van der Waals surface area (Å²) in [4.78, 5) is 5.20. The minimum Gasteiger partial charge on any atom is -0.389 e. The van der Waals surface area contributed by atoms with Gasteiger partial charge in [0, 0.05) is 50.2 Å². The van der Waals surface area contributed by atoms with Gasteiger partial charge in [-0.25, -0.2) is 0 Å². The summed E-state index contributed by atoms with van der Waals surface area (Å²) in [5.74, 6) is 1.17. The molecule has 0 aromatic carbocycles. The first-order valence-electron chi connectivity index (χ1n) is 10.9. The summed E-state index contributed by atoms with van der Waals surface area (Å²) >= 11 is 6.04. The van der Waals surface area contributed by atoms with E-state index in [9.17, 15) is 5.11 Å². The van der Waals surface area contributed by atoms with E-state index in [0.29, 0.717) is 0 Å². The fourth-order valence-corrected chi connectivity index (χ4v) is 4.56. The van der Waals surface area contributed by atoms with Crippen molar-refractivity contribution in [2.45, 2.75) is 57.5 Å². The summed E-state index contributed by atoms with van der Waals surface area (Å²) in [7, 11) is 0. The highest BCUT2D eigenvalue weighted by Crippen LogP contribution is 2.36. The second kappa shape index (κ2) is 10.2. The Balaban J connectivity index is 1.57. The summed E-state index contributed by atoms with van der Waals surface area (Å²) in [6, 6.07) is 0. The molecule has 0 spiro atoms. The Morgan fingerprint density at radius 1 is 1.07 bits per heavy atom.